The largest absolute Gasteiger partial charge is 0.394 e. The highest BCUT2D eigenvalue weighted by atomic mass is 127. The van der Waals surface area contributed by atoms with Crippen molar-refractivity contribution in [3.63, 3.8) is 0 Å². The summed E-state index contributed by atoms with van der Waals surface area (Å²) in [6, 6.07) is 4.46. The molecule has 0 saturated heterocycles. The molecule has 0 aliphatic carbocycles. The number of aliphatic hydroxyl groups is 1. The Labute approximate surface area is 155 Å². The Kier molecular flexibility index (Phi) is 6.66. The van der Waals surface area contributed by atoms with Gasteiger partial charge in [0.2, 0.25) is 5.82 Å². The zero-order valence-corrected chi connectivity index (χ0v) is 15.2. The molecule has 0 aliphatic heterocycles. The van der Waals surface area contributed by atoms with Crippen LogP contribution in [-0.2, 0) is 11.9 Å². The lowest BCUT2D eigenvalue weighted by molar-refractivity contribution is 0.0165. The van der Waals surface area contributed by atoms with Gasteiger partial charge in [0.15, 0.2) is 0 Å². The number of amides is 2. The van der Waals surface area contributed by atoms with Gasteiger partial charge < -0.3 is 9.67 Å². The van der Waals surface area contributed by atoms with E-state index < -0.39 is 17.6 Å². The van der Waals surface area contributed by atoms with Crippen LogP contribution in [0.5, 0.6) is 0 Å². The summed E-state index contributed by atoms with van der Waals surface area (Å²) in [7, 11) is 1.53. The molecule has 1 aromatic carbocycles. The third-order valence-electron chi connectivity index (χ3n) is 2.91. The van der Waals surface area contributed by atoms with E-state index in [0.29, 0.717) is 0 Å². The molecule has 134 valence electrons. The Morgan fingerprint density at radius 3 is 2.84 bits per heavy atom. The van der Waals surface area contributed by atoms with Crippen molar-refractivity contribution in [1.29, 1.82) is 0 Å². The summed E-state index contributed by atoms with van der Waals surface area (Å²) in [4.78, 5) is 32.5. The lowest BCUT2D eigenvalue weighted by Gasteiger charge is -2.09. The monoisotopic (exact) mass is 463 g/mol. The topological polar surface area (TPSA) is 118 Å². The van der Waals surface area contributed by atoms with Gasteiger partial charge in [0.25, 0.3) is 5.91 Å². The number of halogens is 2. The number of rotatable bonds is 7. The van der Waals surface area contributed by atoms with E-state index in [0.717, 1.165) is 3.57 Å². The number of carbonyl (C=O) groups is 2. The van der Waals surface area contributed by atoms with Crippen LogP contribution in [0.2, 0.25) is 0 Å². The van der Waals surface area contributed by atoms with Gasteiger partial charge in [-0.05, 0) is 40.8 Å². The average molecular weight is 463 g/mol. The number of hydrazine groups is 1. The van der Waals surface area contributed by atoms with Crippen LogP contribution in [0.25, 0.3) is 0 Å². The highest BCUT2D eigenvalue weighted by Gasteiger charge is 2.18. The molecule has 2 amide bonds. The van der Waals surface area contributed by atoms with Gasteiger partial charge >= 0.3 is 5.91 Å². The second-order valence-corrected chi connectivity index (χ2v) is 6.01. The van der Waals surface area contributed by atoms with Crippen molar-refractivity contribution in [2.24, 2.45) is 7.05 Å². The van der Waals surface area contributed by atoms with E-state index in [1.807, 2.05) is 22.6 Å². The number of imidazole rings is 1. The van der Waals surface area contributed by atoms with Crippen LogP contribution < -0.4 is 16.3 Å². The lowest BCUT2D eigenvalue weighted by atomic mass is 10.3. The highest BCUT2D eigenvalue weighted by molar-refractivity contribution is 14.1. The summed E-state index contributed by atoms with van der Waals surface area (Å²) in [5.74, 6) is -1.91. The minimum Gasteiger partial charge on any atom is -0.394 e. The number of aryl methyl sites for hydroxylation is 1. The SMILES string of the molecule is Cn1cc(C(=O)NOCCO)nc1C(=O)NNc1ccc(I)cc1F. The zero-order chi connectivity index (χ0) is 18.4. The first-order valence-electron chi connectivity index (χ1n) is 7.00. The summed E-state index contributed by atoms with van der Waals surface area (Å²) < 4.78 is 15.8. The second-order valence-electron chi connectivity index (χ2n) is 4.77. The number of anilines is 1. The molecule has 0 unspecified atom stereocenters. The summed E-state index contributed by atoms with van der Waals surface area (Å²) in [5.41, 5.74) is 6.90. The van der Waals surface area contributed by atoms with Crippen molar-refractivity contribution in [2.45, 2.75) is 0 Å². The van der Waals surface area contributed by atoms with Crippen LogP contribution in [-0.4, -0.2) is 39.7 Å². The van der Waals surface area contributed by atoms with E-state index in [9.17, 15) is 14.0 Å². The van der Waals surface area contributed by atoms with Crippen molar-refractivity contribution in [2.75, 3.05) is 18.6 Å². The maximum absolute atomic E-state index is 13.7. The Hall–Kier alpha value is -2.25. The summed E-state index contributed by atoms with van der Waals surface area (Å²) >= 11 is 1.97. The molecule has 0 bridgehead atoms. The molecule has 0 spiro atoms. The molecular weight excluding hydrogens is 448 g/mol. The van der Waals surface area contributed by atoms with Gasteiger partial charge in [0.05, 0.1) is 18.9 Å². The number of hydrogen-bond acceptors (Lipinski definition) is 6. The second kappa shape index (κ2) is 8.73. The molecule has 0 aliphatic rings. The third kappa shape index (κ3) is 5.11. The van der Waals surface area contributed by atoms with Crippen LogP contribution in [0.4, 0.5) is 10.1 Å². The van der Waals surface area contributed by atoms with Crippen molar-refractivity contribution in [3.05, 3.63) is 45.3 Å². The molecule has 1 heterocycles. The normalized spacial score (nSPS) is 10.4. The predicted octanol–water partition coefficient (Wildman–Crippen LogP) is 0.574. The van der Waals surface area contributed by atoms with E-state index in [4.69, 9.17) is 5.11 Å². The Balaban J connectivity index is 2.00. The van der Waals surface area contributed by atoms with Gasteiger partial charge in [-0.3, -0.25) is 25.3 Å². The molecule has 0 saturated carbocycles. The molecule has 2 aromatic rings. The Morgan fingerprint density at radius 1 is 1.40 bits per heavy atom. The maximum atomic E-state index is 13.7. The number of hydrogen-bond donors (Lipinski definition) is 4. The number of aliphatic hydroxyl groups excluding tert-OH is 1. The van der Waals surface area contributed by atoms with Crippen LogP contribution >= 0.6 is 22.6 Å². The summed E-state index contributed by atoms with van der Waals surface area (Å²) in [6.07, 6.45) is 1.33. The number of nitrogens with one attached hydrogen (secondary N) is 3. The fourth-order valence-electron chi connectivity index (χ4n) is 1.77. The average Bonchev–Trinajstić information content (AvgIpc) is 2.96. The molecule has 25 heavy (non-hydrogen) atoms. The number of aromatic nitrogens is 2. The number of hydroxylamine groups is 1. The molecule has 2 rings (SSSR count). The first-order chi connectivity index (χ1) is 11.9. The maximum Gasteiger partial charge on any atom is 0.305 e. The van der Waals surface area contributed by atoms with Gasteiger partial charge in [0, 0.05) is 16.8 Å². The van der Waals surface area contributed by atoms with Crippen molar-refractivity contribution in [1.82, 2.24) is 20.5 Å². The van der Waals surface area contributed by atoms with E-state index >= 15 is 0 Å². The quantitative estimate of drug-likeness (QED) is 0.271. The van der Waals surface area contributed by atoms with Gasteiger partial charge in [-0.15, -0.1) is 0 Å². The van der Waals surface area contributed by atoms with Gasteiger partial charge in [0.1, 0.15) is 11.5 Å². The standard InChI is InChI=1S/C14H15FIN5O4/c1-21-7-11(13(23)20-25-5-4-22)17-12(21)14(24)19-18-10-3-2-8(16)6-9(10)15/h2-3,6-7,18,22H,4-5H2,1H3,(H,19,24)(H,20,23). The van der Waals surface area contributed by atoms with E-state index in [2.05, 4.69) is 26.2 Å². The number of nitrogens with zero attached hydrogens (tertiary/aromatic N) is 2. The Morgan fingerprint density at radius 2 is 2.16 bits per heavy atom. The number of benzene rings is 1. The fourth-order valence-corrected chi connectivity index (χ4v) is 2.23. The minimum absolute atomic E-state index is 0.0500. The van der Waals surface area contributed by atoms with Gasteiger partial charge in [-0.25, -0.2) is 14.9 Å². The molecule has 0 atom stereocenters. The highest BCUT2D eigenvalue weighted by Crippen LogP contribution is 2.16. The van der Waals surface area contributed by atoms with Crippen LogP contribution in [0, 0.1) is 9.39 Å². The van der Waals surface area contributed by atoms with Crippen LogP contribution in [0.15, 0.2) is 24.4 Å². The fraction of sp³-hybridized carbons (Fsp3) is 0.214. The molecule has 4 N–H and O–H groups in total. The smallest absolute Gasteiger partial charge is 0.305 e. The number of carbonyl (C=O) groups excluding carboxylic acids is 2. The van der Waals surface area contributed by atoms with Crippen LogP contribution in [0.3, 0.4) is 0 Å². The van der Waals surface area contributed by atoms with Crippen molar-refractivity contribution < 1.29 is 23.9 Å². The molecular formula is C14H15FIN5O4. The lowest BCUT2D eigenvalue weighted by Crippen LogP contribution is -2.32. The van der Waals surface area contributed by atoms with Gasteiger partial charge in [-0.1, -0.05) is 0 Å². The summed E-state index contributed by atoms with van der Waals surface area (Å²) in [5, 5.41) is 8.58. The molecule has 0 radical (unpaired) electrons. The Bertz CT molecular complexity index is 783. The van der Waals surface area contributed by atoms with Crippen molar-refractivity contribution >= 4 is 40.1 Å². The van der Waals surface area contributed by atoms with E-state index in [1.165, 1.54) is 29.9 Å². The molecule has 11 heteroatoms. The molecule has 1 aromatic heterocycles. The van der Waals surface area contributed by atoms with Gasteiger partial charge in [-0.2, -0.15) is 0 Å². The van der Waals surface area contributed by atoms with E-state index in [-0.39, 0.29) is 30.4 Å². The predicted molar refractivity (Wildman–Crippen MR) is 93.9 cm³/mol. The minimum atomic E-state index is -0.667. The zero-order valence-electron chi connectivity index (χ0n) is 13.0. The molecule has 9 nitrogen and oxygen atoms in total. The van der Waals surface area contributed by atoms with Crippen LogP contribution in [0.1, 0.15) is 21.1 Å². The van der Waals surface area contributed by atoms with E-state index in [1.54, 1.807) is 6.07 Å². The first kappa shape index (κ1) is 19.1. The van der Waals surface area contributed by atoms with Crippen molar-refractivity contribution in [3.8, 4) is 0 Å². The third-order valence-corrected chi connectivity index (χ3v) is 3.58. The molecule has 0 fully saturated rings. The summed E-state index contributed by atoms with van der Waals surface area (Å²) in [6.45, 7) is -0.325. The first-order valence-corrected chi connectivity index (χ1v) is 8.08.